The molecule has 0 aliphatic carbocycles. The SMILES string of the molecule is COc1cc(-c2ccc(N3CCCN(c4ccc(-c5cc(C)c(OC)c(C)c5)cn4)CC3)nc2)cc(C)c1OC. The van der Waals surface area contributed by atoms with E-state index in [1.165, 1.54) is 0 Å². The number of ether oxygens (including phenoxy) is 3. The minimum Gasteiger partial charge on any atom is -0.496 e. The number of anilines is 2. The van der Waals surface area contributed by atoms with Crippen molar-refractivity contribution in [3.05, 3.63) is 77.6 Å². The van der Waals surface area contributed by atoms with Crippen molar-refractivity contribution in [1.82, 2.24) is 9.97 Å². The molecule has 1 aliphatic rings. The molecule has 0 unspecified atom stereocenters. The van der Waals surface area contributed by atoms with Crippen molar-refractivity contribution in [1.29, 1.82) is 0 Å². The molecule has 1 saturated heterocycles. The summed E-state index contributed by atoms with van der Waals surface area (Å²) in [6.07, 6.45) is 4.97. The van der Waals surface area contributed by atoms with Gasteiger partial charge in [0.25, 0.3) is 0 Å². The van der Waals surface area contributed by atoms with E-state index in [1.54, 1.807) is 21.3 Å². The van der Waals surface area contributed by atoms with Crippen LogP contribution < -0.4 is 24.0 Å². The number of benzene rings is 2. The Morgan fingerprint density at radius 2 is 1.02 bits per heavy atom. The third kappa shape index (κ3) is 5.55. The second kappa shape index (κ2) is 11.9. The smallest absolute Gasteiger partial charge is 0.163 e. The summed E-state index contributed by atoms with van der Waals surface area (Å²) in [6, 6.07) is 17.0. The standard InChI is InChI=1S/C33H38N4O3/c1-22-16-27(17-23(2)32(22)39-5)25-8-10-30(34-20-25)36-12-7-13-37(15-14-36)31-11-9-26(21-35-31)28-18-24(3)33(40-6)29(19-28)38-4/h8-11,16-21H,7,12-15H2,1-6H3. The Kier molecular flexibility index (Phi) is 8.10. The van der Waals surface area contributed by atoms with Gasteiger partial charge in [0.2, 0.25) is 0 Å². The van der Waals surface area contributed by atoms with Crippen molar-refractivity contribution in [2.24, 2.45) is 0 Å². The molecule has 0 N–H and O–H groups in total. The van der Waals surface area contributed by atoms with Gasteiger partial charge in [-0.05, 0) is 104 Å². The third-order valence-electron chi connectivity index (χ3n) is 7.64. The average Bonchev–Trinajstić information content (AvgIpc) is 3.23. The summed E-state index contributed by atoms with van der Waals surface area (Å²) in [5, 5.41) is 0. The second-order valence-corrected chi connectivity index (χ2v) is 10.3. The fourth-order valence-electron chi connectivity index (χ4n) is 5.62. The summed E-state index contributed by atoms with van der Waals surface area (Å²) in [7, 11) is 5.05. The van der Waals surface area contributed by atoms with Crippen LogP contribution in [0.5, 0.6) is 17.2 Å². The van der Waals surface area contributed by atoms with Gasteiger partial charge < -0.3 is 24.0 Å². The molecule has 7 nitrogen and oxygen atoms in total. The maximum absolute atomic E-state index is 5.54. The van der Waals surface area contributed by atoms with E-state index in [0.29, 0.717) is 0 Å². The maximum Gasteiger partial charge on any atom is 0.163 e. The summed E-state index contributed by atoms with van der Waals surface area (Å²) in [6.45, 7) is 9.90. The van der Waals surface area contributed by atoms with Gasteiger partial charge in [0, 0.05) is 49.7 Å². The van der Waals surface area contributed by atoms with E-state index in [1.807, 2.05) is 25.4 Å². The molecule has 2 aromatic carbocycles. The van der Waals surface area contributed by atoms with Gasteiger partial charge in [-0.1, -0.05) is 0 Å². The fraction of sp³-hybridized carbons (Fsp3) is 0.333. The molecule has 3 heterocycles. The Morgan fingerprint density at radius 1 is 0.550 bits per heavy atom. The Balaban J connectivity index is 1.26. The van der Waals surface area contributed by atoms with Crippen molar-refractivity contribution < 1.29 is 14.2 Å². The normalized spacial score (nSPS) is 13.7. The predicted octanol–water partition coefficient (Wildman–Crippen LogP) is 6.48. The van der Waals surface area contributed by atoms with Gasteiger partial charge in [0.15, 0.2) is 11.5 Å². The number of hydrogen-bond acceptors (Lipinski definition) is 7. The first-order valence-electron chi connectivity index (χ1n) is 13.7. The lowest BCUT2D eigenvalue weighted by Gasteiger charge is -2.24. The molecule has 0 atom stereocenters. The molecule has 0 radical (unpaired) electrons. The van der Waals surface area contributed by atoms with E-state index in [4.69, 9.17) is 24.2 Å². The molecule has 4 aromatic rings. The highest BCUT2D eigenvalue weighted by molar-refractivity contribution is 5.70. The highest BCUT2D eigenvalue weighted by Crippen LogP contribution is 2.36. The quantitative estimate of drug-likeness (QED) is 0.267. The van der Waals surface area contributed by atoms with Crippen molar-refractivity contribution in [3.8, 4) is 39.5 Å². The van der Waals surface area contributed by atoms with Crippen LogP contribution in [0.15, 0.2) is 60.9 Å². The molecule has 1 aliphatic heterocycles. The van der Waals surface area contributed by atoms with Gasteiger partial charge >= 0.3 is 0 Å². The zero-order valence-corrected chi connectivity index (χ0v) is 24.3. The maximum atomic E-state index is 5.54. The number of aryl methyl sites for hydroxylation is 3. The third-order valence-corrected chi connectivity index (χ3v) is 7.64. The van der Waals surface area contributed by atoms with E-state index >= 15 is 0 Å². The summed E-state index contributed by atoms with van der Waals surface area (Å²) in [4.78, 5) is 14.4. The number of rotatable bonds is 7. The molecule has 5 rings (SSSR count). The van der Waals surface area contributed by atoms with Crippen LogP contribution in [0, 0.1) is 20.8 Å². The Labute approximate surface area is 237 Å². The van der Waals surface area contributed by atoms with Crippen molar-refractivity contribution >= 4 is 11.6 Å². The van der Waals surface area contributed by atoms with Crippen LogP contribution in [0.4, 0.5) is 11.6 Å². The van der Waals surface area contributed by atoms with Gasteiger partial charge in [-0.3, -0.25) is 0 Å². The minimum atomic E-state index is 0.727. The lowest BCUT2D eigenvalue weighted by molar-refractivity contribution is 0.353. The minimum absolute atomic E-state index is 0.727. The van der Waals surface area contributed by atoms with Gasteiger partial charge in [0.05, 0.1) is 21.3 Å². The lowest BCUT2D eigenvalue weighted by Crippen LogP contribution is -2.31. The monoisotopic (exact) mass is 538 g/mol. The second-order valence-electron chi connectivity index (χ2n) is 10.3. The number of nitrogens with zero attached hydrogens (tertiary/aromatic N) is 4. The van der Waals surface area contributed by atoms with E-state index in [-0.39, 0.29) is 0 Å². The van der Waals surface area contributed by atoms with E-state index in [2.05, 4.69) is 66.1 Å². The molecule has 2 aromatic heterocycles. The van der Waals surface area contributed by atoms with E-state index in [9.17, 15) is 0 Å². The van der Waals surface area contributed by atoms with Gasteiger partial charge in [0.1, 0.15) is 17.4 Å². The zero-order valence-electron chi connectivity index (χ0n) is 24.3. The number of methoxy groups -OCH3 is 3. The van der Waals surface area contributed by atoms with Crippen LogP contribution in [-0.2, 0) is 0 Å². The van der Waals surface area contributed by atoms with Crippen LogP contribution >= 0.6 is 0 Å². The Morgan fingerprint density at radius 3 is 1.45 bits per heavy atom. The largest absolute Gasteiger partial charge is 0.496 e. The molecule has 40 heavy (non-hydrogen) atoms. The van der Waals surface area contributed by atoms with Gasteiger partial charge in [-0.2, -0.15) is 0 Å². The van der Waals surface area contributed by atoms with E-state index < -0.39 is 0 Å². The summed E-state index contributed by atoms with van der Waals surface area (Å²) in [5.41, 5.74) is 7.69. The van der Waals surface area contributed by atoms with Crippen LogP contribution in [0.3, 0.4) is 0 Å². The number of hydrogen-bond donors (Lipinski definition) is 0. The van der Waals surface area contributed by atoms with Crippen LogP contribution in [-0.4, -0.2) is 57.5 Å². The fourth-order valence-corrected chi connectivity index (χ4v) is 5.62. The molecule has 0 saturated carbocycles. The lowest BCUT2D eigenvalue weighted by atomic mass is 10.0. The molecule has 0 spiro atoms. The topological polar surface area (TPSA) is 60.0 Å². The molecule has 1 fully saturated rings. The summed E-state index contributed by atoms with van der Waals surface area (Å²) < 4.78 is 16.6. The van der Waals surface area contributed by atoms with Crippen LogP contribution in [0.25, 0.3) is 22.3 Å². The Hall–Kier alpha value is -4.26. The molecular formula is C33H38N4O3. The molecule has 7 heteroatoms. The van der Waals surface area contributed by atoms with Gasteiger partial charge in [-0.25, -0.2) is 9.97 Å². The van der Waals surface area contributed by atoms with E-state index in [0.717, 1.165) is 100 Å². The summed E-state index contributed by atoms with van der Waals surface area (Å²) >= 11 is 0. The van der Waals surface area contributed by atoms with Crippen LogP contribution in [0.2, 0.25) is 0 Å². The van der Waals surface area contributed by atoms with Crippen molar-refractivity contribution in [2.75, 3.05) is 57.3 Å². The average molecular weight is 539 g/mol. The van der Waals surface area contributed by atoms with Crippen molar-refractivity contribution in [3.63, 3.8) is 0 Å². The first-order chi connectivity index (χ1) is 19.4. The van der Waals surface area contributed by atoms with Gasteiger partial charge in [-0.15, -0.1) is 0 Å². The summed E-state index contributed by atoms with van der Waals surface area (Å²) in [5.74, 6) is 4.45. The number of pyridine rings is 2. The first-order valence-corrected chi connectivity index (χ1v) is 13.7. The predicted molar refractivity (Wildman–Crippen MR) is 162 cm³/mol. The molecule has 0 bridgehead atoms. The highest BCUT2D eigenvalue weighted by Gasteiger charge is 2.18. The molecule has 208 valence electrons. The first kappa shape index (κ1) is 27.3. The zero-order chi connectivity index (χ0) is 28.2. The van der Waals surface area contributed by atoms with Crippen molar-refractivity contribution in [2.45, 2.75) is 27.2 Å². The Bertz CT molecular complexity index is 1450. The molecule has 0 amide bonds. The number of aromatic nitrogens is 2. The highest BCUT2D eigenvalue weighted by atomic mass is 16.5. The molecular weight excluding hydrogens is 500 g/mol. The van der Waals surface area contributed by atoms with Crippen LogP contribution in [0.1, 0.15) is 23.1 Å².